The lowest BCUT2D eigenvalue weighted by atomic mass is 10.1. The molecule has 1 unspecified atom stereocenters. The van der Waals surface area contributed by atoms with Gasteiger partial charge < -0.3 is 19.3 Å². The van der Waals surface area contributed by atoms with Gasteiger partial charge in [-0.1, -0.05) is 36.4 Å². The van der Waals surface area contributed by atoms with Gasteiger partial charge in [0.2, 0.25) is 11.9 Å². The van der Waals surface area contributed by atoms with E-state index >= 15 is 4.39 Å². The SMILES string of the molecule is CC(=O)Nc1nc2c(ncn2[C@@H]2O[C@H](CC(Sc3ccccc3)P(=O)(O)O)[C@@H](F)[C@H]2OC(=O)c2ccccc2)c(=O)[nH]1. The first-order valence-corrected chi connectivity index (χ1v) is 15.1. The first-order valence-electron chi connectivity index (χ1n) is 12.6. The van der Waals surface area contributed by atoms with Crippen molar-refractivity contribution in [3.8, 4) is 0 Å². The number of nitrogens with one attached hydrogen (secondary N) is 2. The van der Waals surface area contributed by atoms with Crippen LogP contribution in [-0.2, 0) is 18.8 Å². The number of hydrogen-bond donors (Lipinski definition) is 4. The van der Waals surface area contributed by atoms with E-state index in [1.165, 1.54) is 23.6 Å². The monoisotopic (exact) mass is 617 g/mol. The number of fused-ring (bicyclic) bond motifs is 1. The molecule has 0 radical (unpaired) electrons. The largest absolute Gasteiger partial charge is 0.451 e. The number of H-pyrrole nitrogens is 1. The Bertz CT molecular complexity index is 1700. The molecule has 4 N–H and O–H groups in total. The van der Waals surface area contributed by atoms with E-state index < -0.39 is 61.1 Å². The van der Waals surface area contributed by atoms with Crippen molar-refractivity contribution in [1.82, 2.24) is 19.5 Å². The summed E-state index contributed by atoms with van der Waals surface area (Å²) in [7, 11) is -4.77. The van der Waals surface area contributed by atoms with Crippen LogP contribution >= 0.6 is 19.4 Å². The molecule has 0 aliphatic carbocycles. The van der Waals surface area contributed by atoms with Crippen molar-refractivity contribution >= 4 is 48.3 Å². The maximum absolute atomic E-state index is 16.1. The fourth-order valence-electron chi connectivity index (χ4n) is 4.45. The molecule has 0 saturated carbocycles. The van der Waals surface area contributed by atoms with Gasteiger partial charge in [-0.25, -0.2) is 14.2 Å². The van der Waals surface area contributed by atoms with Gasteiger partial charge in [-0.05, 0) is 24.3 Å². The van der Waals surface area contributed by atoms with Crippen molar-refractivity contribution in [3.63, 3.8) is 0 Å². The average molecular weight is 618 g/mol. The van der Waals surface area contributed by atoms with Crippen LogP contribution in [0.25, 0.3) is 11.2 Å². The zero-order valence-electron chi connectivity index (χ0n) is 21.9. The van der Waals surface area contributed by atoms with Crippen LogP contribution in [0.4, 0.5) is 10.3 Å². The second kappa shape index (κ2) is 12.2. The number of thioether (sulfide) groups is 1. The Kier molecular flexibility index (Phi) is 8.57. The maximum Gasteiger partial charge on any atom is 0.338 e. The number of aromatic nitrogens is 4. The van der Waals surface area contributed by atoms with Gasteiger partial charge in [-0.15, -0.1) is 11.8 Å². The number of alkyl halides is 1. The van der Waals surface area contributed by atoms with E-state index in [1.54, 1.807) is 48.5 Å². The normalized spacial score (nSPS) is 21.2. The molecule has 2 aromatic heterocycles. The number of amides is 1. The minimum Gasteiger partial charge on any atom is -0.451 e. The highest BCUT2D eigenvalue weighted by Crippen LogP contribution is 2.53. The van der Waals surface area contributed by atoms with Gasteiger partial charge in [0.1, 0.15) is 4.99 Å². The van der Waals surface area contributed by atoms with Crippen molar-refractivity contribution in [3.05, 3.63) is 82.9 Å². The topological polar surface area (TPSA) is 186 Å². The molecule has 1 fully saturated rings. The van der Waals surface area contributed by atoms with Crippen LogP contribution in [0.15, 0.2) is 76.7 Å². The van der Waals surface area contributed by atoms with Gasteiger partial charge in [0.25, 0.3) is 5.56 Å². The highest BCUT2D eigenvalue weighted by Gasteiger charge is 2.51. The number of hydrogen-bond acceptors (Lipinski definition) is 9. The molecule has 1 amide bonds. The number of carbonyl (C=O) groups excluding carboxylic acids is 2. The van der Waals surface area contributed by atoms with Crippen molar-refractivity contribution in [2.45, 2.75) is 47.8 Å². The molecule has 2 aromatic carbocycles. The second-order valence-corrected chi connectivity index (χ2v) is 12.8. The lowest BCUT2D eigenvalue weighted by Gasteiger charge is -2.22. The molecule has 3 heterocycles. The number of anilines is 1. The van der Waals surface area contributed by atoms with Crippen LogP contribution in [0.1, 0.15) is 29.9 Å². The number of nitrogens with zero attached hydrogens (tertiary/aromatic N) is 3. The summed E-state index contributed by atoms with van der Waals surface area (Å²) in [6, 6.07) is 16.3. The molecule has 13 nitrogen and oxygen atoms in total. The molecular formula is C26H25FN5O8PS. The smallest absolute Gasteiger partial charge is 0.338 e. The van der Waals surface area contributed by atoms with Crippen LogP contribution < -0.4 is 10.9 Å². The van der Waals surface area contributed by atoms with E-state index in [1.807, 2.05) is 0 Å². The first-order chi connectivity index (χ1) is 20.0. The molecule has 16 heteroatoms. The standard InChI is InChI=1S/C26H25FN5O8PS/c1-14(33)29-26-30-22-20(23(34)31-26)28-13-32(22)24-21(40-25(35)15-8-4-2-5-9-15)19(27)17(39-24)12-18(41(36,37)38)42-16-10-6-3-7-11-16/h2-11,13,17-19,21,24H,12H2,1H3,(H2,36,37,38)(H2,29,30,31,33,34)/t17-,18?,19-,21-,24-/m1/s1. The number of benzene rings is 2. The molecule has 1 aliphatic rings. The zero-order valence-corrected chi connectivity index (χ0v) is 23.6. The summed E-state index contributed by atoms with van der Waals surface area (Å²) in [6.45, 7) is 1.21. The Morgan fingerprint density at radius 3 is 2.50 bits per heavy atom. The van der Waals surface area contributed by atoms with Crippen LogP contribution in [0, 0.1) is 0 Å². The van der Waals surface area contributed by atoms with Gasteiger partial charge in [-0.3, -0.25) is 29.0 Å². The third kappa shape index (κ3) is 6.45. The highest BCUT2D eigenvalue weighted by atomic mass is 32.2. The summed E-state index contributed by atoms with van der Waals surface area (Å²) in [5, 5.41) is 2.36. The lowest BCUT2D eigenvalue weighted by molar-refractivity contribution is -0.114. The van der Waals surface area contributed by atoms with Crippen molar-refractivity contribution in [2.75, 3.05) is 5.32 Å². The Hall–Kier alpha value is -3.88. The highest BCUT2D eigenvalue weighted by molar-refractivity contribution is 8.05. The van der Waals surface area contributed by atoms with Crippen molar-refractivity contribution in [1.29, 1.82) is 0 Å². The Morgan fingerprint density at radius 2 is 1.86 bits per heavy atom. The molecule has 0 bridgehead atoms. The number of carbonyl (C=O) groups is 2. The van der Waals surface area contributed by atoms with E-state index in [0.29, 0.717) is 4.90 Å². The van der Waals surface area contributed by atoms with E-state index in [9.17, 15) is 28.7 Å². The predicted molar refractivity (Wildman–Crippen MR) is 150 cm³/mol. The fraction of sp³-hybridized carbons (Fsp3) is 0.269. The van der Waals surface area contributed by atoms with E-state index in [2.05, 4.69) is 20.3 Å². The van der Waals surface area contributed by atoms with Crippen LogP contribution in [-0.4, -0.2) is 64.6 Å². The minimum atomic E-state index is -4.77. The summed E-state index contributed by atoms with van der Waals surface area (Å²) in [4.78, 5) is 67.1. The number of esters is 1. The molecule has 4 aromatic rings. The van der Waals surface area contributed by atoms with E-state index in [0.717, 1.165) is 18.1 Å². The number of halogens is 1. The number of imidazole rings is 1. The molecule has 5 atom stereocenters. The predicted octanol–water partition coefficient (Wildman–Crippen LogP) is 3.23. The Morgan fingerprint density at radius 1 is 1.19 bits per heavy atom. The Balaban J connectivity index is 1.51. The van der Waals surface area contributed by atoms with E-state index in [-0.39, 0.29) is 22.7 Å². The third-order valence-electron chi connectivity index (χ3n) is 6.34. The molecule has 1 aliphatic heterocycles. The molecular weight excluding hydrogens is 592 g/mol. The quantitative estimate of drug-likeness (QED) is 0.123. The molecule has 0 spiro atoms. The van der Waals surface area contributed by atoms with Crippen molar-refractivity contribution in [2.24, 2.45) is 0 Å². The van der Waals surface area contributed by atoms with Gasteiger partial charge in [0, 0.05) is 18.2 Å². The van der Waals surface area contributed by atoms with Gasteiger partial charge in [-0.2, -0.15) is 4.98 Å². The molecule has 5 rings (SSSR count). The first kappa shape index (κ1) is 29.6. The third-order valence-corrected chi connectivity index (χ3v) is 9.45. The second-order valence-electron chi connectivity index (χ2n) is 9.38. The van der Waals surface area contributed by atoms with Crippen LogP contribution in [0.5, 0.6) is 0 Å². The maximum atomic E-state index is 16.1. The van der Waals surface area contributed by atoms with Gasteiger partial charge in [0.05, 0.1) is 18.0 Å². The van der Waals surface area contributed by atoms with Gasteiger partial charge >= 0.3 is 13.6 Å². The van der Waals surface area contributed by atoms with Crippen molar-refractivity contribution < 1.29 is 37.8 Å². The summed E-state index contributed by atoms with van der Waals surface area (Å²) in [5.74, 6) is -1.58. The average Bonchev–Trinajstić information content (AvgIpc) is 3.50. The summed E-state index contributed by atoms with van der Waals surface area (Å²) >= 11 is 0.873. The summed E-state index contributed by atoms with van der Waals surface area (Å²) < 4.78 is 41.3. The molecule has 42 heavy (non-hydrogen) atoms. The number of aromatic amines is 1. The lowest BCUT2D eigenvalue weighted by Crippen LogP contribution is -2.34. The molecule has 1 saturated heterocycles. The fourth-order valence-corrected chi connectivity index (χ4v) is 6.76. The zero-order chi connectivity index (χ0) is 30.0. The van der Waals surface area contributed by atoms with Crippen LogP contribution in [0.3, 0.4) is 0 Å². The minimum absolute atomic E-state index is 0.105. The molecule has 220 valence electrons. The number of rotatable bonds is 9. The number of ether oxygens (including phenoxy) is 2. The summed E-state index contributed by atoms with van der Waals surface area (Å²) in [6.07, 6.45) is -5.83. The Labute approximate surface area is 241 Å². The van der Waals surface area contributed by atoms with Crippen LogP contribution in [0.2, 0.25) is 0 Å². The van der Waals surface area contributed by atoms with E-state index in [4.69, 9.17) is 9.47 Å². The van der Waals surface area contributed by atoms with Gasteiger partial charge in [0.15, 0.2) is 29.7 Å². The summed E-state index contributed by atoms with van der Waals surface area (Å²) in [5.41, 5.74) is -0.830.